The smallest absolute Gasteiger partial charge is 0.0758 e. The summed E-state index contributed by atoms with van der Waals surface area (Å²) in [5, 5.41) is 20.1. The monoisotopic (exact) mass is 289 g/mol. The average Bonchev–Trinajstić information content (AvgIpc) is 2.70. The normalized spacial score (nSPS) is 55.4. The minimum absolute atomic E-state index is 0.0578. The van der Waals surface area contributed by atoms with Crippen LogP contribution < -0.4 is 5.73 Å². The van der Waals surface area contributed by atoms with Gasteiger partial charge in [0.25, 0.3) is 0 Å². The van der Waals surface area contributed by atoms with Crippen LogP contribution in [-0.2, 0) is 0 Å². The van der Waals surface area contributed by atoms with E-state index in [2.05, 4.69) is 19.1 Å². The summed E-state index contributed by atoms with van der Waals surface area (Å²) in [6, 6.07) is -0.0578. The maximum absolute atomic E-state index is 10.3. The van der Waals surface area contributed by atoms with Gasteiger partial charge in [-0.2, -0.15) is 0 Å². The minimum Gasteiger partial charge on any atom is -0.391 e. The Kier molecular flexibility index (Phi) is 3.11. The number of rotatable bonds is 0. The molecule has 0 radical (unpaired) electrons. The van der Waals surface area contributed by atoms with Crippen LogP contribution in [0.1, 0.15) is 39.0 Å². The molecule has 4 rings (SSSR count). The van der Waals surface area contributed by atoms with Gasteiger partial charge in [-0.05, 0) is 55.3 Å². The summed E-state index contributed by atoms with van der Waals surface area (Å²) >= 11 is 0. The molecule has 2 fully saturated rings. The van der Waals surface area contributed by atoms with Gasteiger partial charge in [0.05, 0.1) is 12.2 Å². The van der Waals surface area contributed by atoms with E-state index in [1.54, 1.807) is 0 Å². The van der Waals surface area contributed by atoms with Gasteiger partial charge in [0.2, 0.25) is 0 Å². The molecular formula is C18H27NO2. The first-order valence-corrected chi connectivity index (χ1v) is 8.49. The summed E-state index contributed by atoms with van der Waals surface area (Å²) in [5.41, 5.74) is 7.88. The van der Waals surface area contributed by atoms with Crippen molar-refractivity contribution < 1.29 is 10.2 Å². The third-order valence-corrected chi connectivity index (χ3v) is 7.13. The van der Waals surface area contributed by atoms with Gasteiger partial charge in [-0.15, -0.1) is 0 Å². The molecule has 116 valence electrons. The van der Waals surface area contributed by atoms with E-state index in [4.69, 9.17) is 5.73 Å². The molecule has 0 heterocycles. The van der Waals surface area contributed by atoms with Gasteiger partial charge in [-0.1, -0.05) is 30.7 Å². The van der Waals surface area contributed by atoms with Crippen LogP contribution >= 0.6 is 0 Å². The molecule has 0 aromatic rings. The molecule has 3 nitrogen and oxygen atoms in total. The molecule has 3 heteroatoms. The Bertz CT molecular complexity index is 499. The van der Waals surface area contributed by atoms with E-state index < -0.39 is 0 Å². The number of allylic oxidation sites excluding steroid dienone is 2. The van der Waals surface area contributed by atoms with E-state index >= 15 is 0 Å². The van der Waals surface area contributed by atoms with E-state index in [1.807, 2.05) is 6.08 Å². The number of nitrogens with two attached hydrogens (primary N) is 1. The lowest BCUT2D eigenvalue weighted by Crippen LogP contribution is -2.50. The SMILES string of the molecule is C[C@]12CC[C@H]3[C@@H](CC=C4C[C@@H](O)C=C[C@@H]43)[C@@H]1C[C@@H](O)[C@@H]2N. The molecule has 2 saturated carbocycles. The van der Waals surface area contributed by atoms with Crippen molar-refractivity contribution in [2.24, 2.45) is 34.8 Å². The number of hydrogen-bond acceptors (Lipinski definition) is 3. The predicted molar refractivity (Wildman–Crippen MR) is 82.4 cm³/mol. The Labute approximate surface area is 126 Å². The second-order valence-corrected chi connectivity index (χ2v) is 8.00. The zero-order valence-electron chi connectivity index (χ0n) is 12.8. The van der Waals surface area contributed by atoms with Crippen LogP contribution in [0.25, 0.3) is 0 Å². The van der Waals surface area contributed by atoms with Gasteiger partial charge in [0.15, 0.2) is 0 Å². The predicted octanol–water partition coefficient (Wildman–Crippen LogP) is 1.99. The fourth-order valence-electron chi connectivity index (χ4n) is 5.90. The standard InChI is InChI=1S/C18H27NO2/c1-18-7-6-13-12-5-3-11(20)8-10(12)2-4-14(13)15(18)9-16(21)17(18)19/h2-3,5,11-17,20-21H,4,6-9,19H2,1H3/t11-,12-,13+,14+,15-,16+,17-,18-/m0/s1. The molecule has 0 bridgehead atoms. The van der Waals surface area contributed by atoms with E-state index in [9.17, 15) is 10.2 Å². The van der Waals surface area contributed by atoms with Gasteiger partial charge in [-0.25, -0.2) is 0 Å². The van der Waals surface area contributed by atoms with Crippen molar-refractivity contribution in [2.45, 2.75) is 57.3 Å². The van der Waals surface area contributed by atoms with Crippen LogP contribution in [0.15, 0.2) is 23.8 Å². The Morgan fingerprint density at radius 1 is 1.24 bits per heavy atom. The van der Waals surface area contributed by atoms with E-state index in [0.717, 1.165) is 25.7 Å². The molecule has 0 unspecified atom stereocenters. The van der Waals surface area contributed by atoms with Crippen molar-refractivity contribution in [1.82, 2.24) is 0 Å². The maximum Gasteiger partial charge on any atom is 0.0758 e. The molecule has 0 aromatic carbocycles. The molecule has 21 heavy (non-hydrogen) atoms. The summed E-state index contributed by atoms with van der Waals surface area (Å²) in [5.74, 6) is 2.41. The Balaban J connectivity index is 1.65. The molecule has 4 aliphatic carbocycles. The third-order valence-electron chi connectivity index (χ3n) is 7.13. The second-order valence-electron chi connectivity index (χ2n) is 8.00. The highest BCUT2D eigenvalue weighted by atomic mass is 16.3. The molecule has 0 saturated heterocycles. The van der Waals surface area contributed by atoms with E-state index in [0.29, 0.717) is 23.7 Å². The maximum atomic E-state index is 10.3. The highest BCUT2D eigenvalue weighted by Crippen LogP contribution is 2.60. The summed E-state index contributed by atoms with van der Waals surface area (Å²) in [6.07, 6.45) is 11.1. The highest BCUT2D eigenvalue weighted by molar-refractivity contribution is 5.27. The summed E-state index contributed by atoms with van der Waals surface area (Å²) in [6.45, 7) is 2.30. The van der Waals surface area contributed by atoms with Crippen molar-refractivity contribution in [3.8, 4) is 0 Å². The molecule has 0 aromatic heterocycles. The molecule has 0 aliphatic heterocycles. The lowest BCUT2D eigenvalue weighted by atomic mass is 9.53. The first-order valence-electron chi connectivity index (χ1n) is 8.49. The highest BCUT2D eigenvalue weighted by Gasteiger charge is 2.57. The van der Waals surface area contributed by atoms with Gasteiger partial charge < -0.3 is 15.9 Å². The largest absolute Gasteiger partial charge is 0.391 e. The Morgan fingerprint density at radius 2 is 2.05 bits per heavy atom. The van der Waals surface area contributed by atoms with E-state index in [1.165, 1.54) is 12.0 Å². The number of aliphatic hydroxyl groups is 2. The van der Waals surface area contributed by atoms with Crippen molar-refractivity contribution in [2.75, 3.05) is 0 Å². The zero-order valence-corrected chi connectivity index (χ0v) is 12.8. The average molecular weight is 289 g/mol. The summed E-state index contributed by atoms with van der Waals surface area (Å²) < 4.78 is 0. The lowest BCUT2D eigenvalue weighted by molar-refractivity contribution is 0.0123. The van der Waals surface area contributed by atoms with Crippen molar-refractivity contribution >= 4 is 0 Å². The zero-order chi connectivity index (χ0) is 14.8. The van der Waals surface area contributed by atoms with Gasteiger partial charge in [-0.3, -0.25) is 0 Å². The van der Waals surface area contributed by atoms with Crippen LogP contribution in [0.5, 0.6) is 0 Å². The first kappa shape index (κ1) is 14.0. The van der Waals surface area contributed by atoms with Crippen molar-refractivity contribution in [3.05, 3.63) is 23.8 Å². The number of hydrogen-bond donors (Lipinski definition) is 3. The molecule has 8 atom stereocenters. The minimum atomic E-state index is -0.326. The van der Waals surface area contributed by atoms with Crippen LogP contribution in [0.3, 0.4) is 0 Å². The quantitative estimate of drug-likeness (QED) is 0.598. The fraction of sp³-hybridized carbons (Fsp3) is 0.778. The lowest BCUT2D eigenvalue weighted by Gasteiger charge is -2.52. The molecule has 4 aliphatic rings. The van der Waals surface area contributed by atoms with Gasteiger partial charge in [0, 0.05) is 12.0 Å². The number of aliphatic hydroxyl groups excluding tert-OH is 2. The van der Waals surface area contributed by atoms with Crippen LogP contribution in [0.2, 0.25) is 0 Å². The Morgan fingerprint density at radius 3 is 2.86 bits per heavy atom. The van der Waals surface area contributed by atoms with E-state index in [-0.39, 0.29) is 23.7 Å². The first-order chi connectivity index (χ1) is 10.0. The topological polar surface area (TPSA) is 66.5 Å². The van der Waals surface area contributed by atoms with Crippen LogP contribution in [-0.4, -0.2) is 28.5 Å². The van der Waals surface area contributed by atoms with Crippen molar-refractivity contribution in [1.29, 1.82) is 0 Å². The van der Waals surface area contributed by atoms with Gasteiger partial charge in [0.1, 0.15) is 0 Å². The molecular weight excluding hydrogens is 262 g/mol. The fourth-order valence-corrected chi connectivity index (χ4v) is 5.90. The van der Waals surface area contributed by atoms with Gasteiger partial charge >= 0.3 is 0 Å². The second kappa shape index (κ2) is 4.68. The molecule has 0 spiro atoms. The van der Waals surface area contributed by atoms with Crippen molar-refractivity contribution in [3.63, 3.8) is 0 Å². The summed E-state index contributed by atoms with van der Waals surface area (Å²) in [4.78, 5) is 0. The number of fused-ring (bicyclic) bond motifs is 5. The third kappa shape index (κ3) is 1.90. The molecule has 0 amide bonds. The molecule has 4 N–H and O–H groups in total. The van der Waals surface area contributed by atoms with Crippen LogP contribution in [0.4, 0.5) is 0 Å². The van der Waals surface area contributed by atoms with Crippen LogP contribution in [0, 0.1) is 29.1 Å². The Hall–Kier alpha value is -0.640. The summed E-state index contributed by atoms with van der Waals surface area (Å²) in [7, 11) is 0.